The van der Waals surface area contributed by atoms with Gasteiger partial charge < -0.3 is 25.9 Å². The Morgan fingerprint density at radius 3 is 1.58 bits per heavy atom. The Kier molecular flexibility index (Phi) is 4.86. The van der Waals surface area contributed by atoms with E-state index in [0.29, 0.717) is 5.69 Å². The summed E-state index contributed by atoms with van der Waals surface area (Å²) in [5.41, 5.74) is 5.98. The zero-order valence-electron chi connectivity index (χ0n) is 6.25. The van der Waals surface area contributed by atoms with Gasteiger partial charge in [-0.1, -0.05) is 0 Å². The van der Waals surface area contributed by atoms with Crippen LogP contribution in [0.1, 0.15) is 0 Å². The van der Waals surface area contributed by atoms with E-state index in [0.717, 1.165) is 0 Å². The second-order valence-corrected chi connectivity index (χ2v) is 1.94. The van der Waals surface area contributed by atoms with Crippen molar-refractivity contribution in [2.45, 2.75) is 0 Å². The molecule has 0 aliphatic carbocycles. The van der Waals surface area contributed by atoms with Crippen LogP contribution in [0.25, 0.3) is 0 Å². The Hall–Kier alpha value is -1.24. The van der Waals surface area contributed by atoms with Crippen molar-refractivity contribution in [3.8, 4) is 5.75 Å². The largest absolute Gasteiger partial charge is 0.631 e. The maximum absolute atomic E-state index is 8.70. The fraction of sp³-hybridized carbons (Fsp3) is 0. The monoisotopic (exact) mass is 171 g/mol. The number of nitrogens with two attached hydrogens (primary N) is 1. The van der Waals surface area contributed by atoms with Crippen molar-refractivity contribution in [1.29, 1.82) is 0 Å². The van der Waals surface area contributed by atoms with Gasteiger partial charge in [0, 0.05) is 5.69 Å². The van der Waals surface area contributed by atoms with Gasteiger partial charge in [-0.3, -0.25) is 0 Å². The first kappa shape index (κ1) is 10.8. The quantitative estimate of drug-likeness (QED) is 0.194. The third-order valence-corrected chi connectivity index (χ3v) is 0.893. The number of phenolic OH excluding ortho intramolecular Hbond substituents is 1. The van der Waals surface area contributed by atoms with Crippen LogP contribution >= 0.6 is 0 Å². The highest BCUT2D eigenvalue weighted by atomic mass is 16.5. The minimum atomic E-state index is -2.17. The Bertz CT molecular complexity index is 190. The minimum absolute atomic E-state index is 0.249. The van der Waals surface area contributed by atoms with E-state index in [-0.39, 0.29) is 5.75 Å². The lowest BCUT2D eigenvalue weighted by molar-refractivity contribution is 0.278. The zero-order chi connectivity index (χ0) is 9.56. The van der Waals surface area contributed by atoms with Gasteiger partial charge in [0.15, 0.2) is 0 Å². The first-order valence-electron chi connectivity index (χ1n) is 3.11. The molecular formula is C6H10BNO4. The molecule has 0 aliphatic heterocycles. The van der Waals surface area contributed by atoms with Crippen LogP contribution in [0.2, 0.25) is 0 Å². The molecular weight excluding hydrogens is 161 g/mol. The summed E-state index contributed by atoms with van der Waals surface area (Å²) in [7, 11) is -2.17. The fourth-order valence-electron chi connectivity index (χ4n) is 0.474. The molecule has 0 saturated heterocycles. The summed E-state index contributed by atoms with van der Waals surface area (Å²) in [6.07, 6.45) is 0. The Balaban J connectivity index is 0.000000261. The predicted octanol–water partition coefficient (Wildman–Crippen LogP) is -1.08. The van der Waals surface area contributed by atoms with Crippen LogP contribution in [0.15, 0.2) is 24.3 Å². The molecule has 0 atom stereocenters. The second kappa shape index (κ2) is 5.42. The van der Waals surface area contributed by atoms with E-state index in [9.17, 15) is 0 Å². The number of nitrogen functional groups attached to an aromatic ring is 1. The number of rotatable bonds is 0. The Labute approximate surface area is 69.9 Å². The van der Waals surface area contributed by atoms with Crippen LogP contribution in [0.4, 0.5) is 5.69 Å². The van der Waals surface area contributed by atoms with Crippen molar-refractivity contribution >= 4 is 13.0 Å². The minimum Gasteiger partial charge on any atom is -0.508 e. The Morgan fingerprint density at radius 2 is 1.33 bits per heavy atom. The maximum atomic E-state index is 8.70. The molecule has 0 saturated carbocycles. The third-order valence-electron chi connectivity index (χ3n) is 0.893. The van der Waals surface area contributed by atoms with Gasteiger partial charge in [0.1, 0.15) is 5.75 Å². The van der Waals surface area contributed by atoms with Crippen molar-refractivity contribution < 1.29 is 20.2 Å². The summed E-state index contributed by atoms with van der Waals surface area (Å²) in [5, 5.41) is 30.2. The van der Waals surface area contributed by atoms with Crippen molar-refractivity contribution in [3.05, 3.63) is 24.3 Å². The summed E-state index contributed by atoms with van der Waals surface area (Å²) in [6.45, 7) is 0. The van der Waals surface area contributed by atoms with Gasteiger partial charge >= 0.3 is 7.32 Å². The molecule has 12 heavy (non-hydrogen) atoms. The molecule has 6 heteroatoms. The molecule has 0 aliphatic rings. The molecule has 0 unspecified atom stereocenters. The zero-order valence-corrected chi connectivity index (χ0v) is 6.25. The van der Waals surface area contributed by atoms with Crippen LogP contribution in [0, 0.1) is 0 Å². The van der Waals surface area contributed by atoms with Crippen molar-refractivity contribution in [2.24, 2.45) is 0 Å². The van der Waals surface area contributed by atoms with E-state index in [1.54, 1.807) is 24.3 Å². The van der Waals surface area contributed by atoms with E-state index in [1.165, 1.54) is 0 Å². The van der Waals surface area contributed by atoms with E-state index >= 15 is 0 Å². The second-order valence-electron chi connectivity index (χ2n) is 1.94. The van der Waals surface area contributed by atoms with Gasteiger partial charge in [0.2, 0.25) is 0 Å². The van der Waals surface area contributed by atoms with Crippen LogP contribution < -0.4 is 5.73 Å². The summed E-state index contributed by atoms with van der Waals surface area (Å²) in [6, 6.07) is 6.40. The lowest BCUT2D eigenvalue weighted by atomic mass is 10.3. The van der Waals surface area contributed by atoms with Gasteiger partial charge in [-0.25, -0.2) is 0 Å². The molecule has 0 fully saturated rings. The van der Waals surface area contributed by atoms with Crippen LogP contribution in [-0.2, 0) is 0 Å². The molecule has 0 heterocycles. The van der Waals surface area contributed by atoms with E-state index < -0.39 is 7.32 Å². The highest BCUT2D eigenvalue weighted by Gasteiger charge is 1.92. The molecule has 1 aromatic rings. The fourth-order valence-corrected chi connectivity index (χ4v) is 0.474. The van der Waals surface area contributed by atoms with Crippen molar-refractivity contribution in [1.82, 2.24) is 0 Å². The highest BCUT2D eigenvalue weighted by molar-refractivity contribution is 6.30. The molecule has 0 amide bonds. The average Bonchev–Trinajstić information content (AvgIpc) is 1.94. The summed E-state index contributed by atoms with van der Waals surface area (Å²) >= 11 is 0. The van der Waals surface area contributed by atoms with Gasteiger partial charge in [-0.05, 0) is 24.3 Å². The average molecular weight is 171 g/mol. The molecule has 0 aromatic heterocycles. The highest BCUT2D eigenvalue weighted by Crippen LogP contribution is 2.09. The van der Waals surface area contributed by atoms with Crippen LogP contribution in [0.5, 0.6) is 5.75 Å². The molecule has 0 spiro atoms. The standard InChI is InChI=1S/C6H7NO.BH3O3/c7-5-1-3-6(8)4-2-5;2-1(3)4/h1-4,8H,7H2;2-4H. The van der Waals surface area contributed by atoms with Crippen molar-refractivity contribution in [3.63, 3.8) is 0 Å². The summed E-state index contributed by atoms with van der Waals surface area (Å²) in [4.78, 5) is 0. The molecule has 5 nitrogen and oxygen atoms in total. The van der Waals surface area contributed by atoms with Crippen LogP contribution in [0.3, 0.4) is 0 Å². The first-order valence-corrected chi connectivity index (χ1v) is 3.11. The van der Waals surface area contributed by atoms with E-state index in [4.69, 9.17) is 25.9 Å². The van der Waals surface area contributed by atoms with E-state index in [1.807, 2.05) is 0 Å². The SMILES string of the molecule is Nc1ccc(O)cc1.OB(O)O. The van der Waals surface area contributed by atoms with Crippen LogP contribution in [-0.4, -0.2) is 27.5 Å². The van der Waals surface area contributed by atoms with E-state index in [2.05, 4.69) is 0 Å². The van der Waals surface area contributed by atoms with Crippen molar-refractivity contribution in [2.75, 3.05) is 5.73 Å². The van der Waals surface area contributed by atoms with Gasteiger partial charge in [-0.2, -0.15) is 0 Å². The summed E-state index contributed by atoms with van der Waals surface area (Å²) < 4.78 is 0. The molecule has 1 aromatic carbocycles. The predicted molar refractivity (Wildman–Crippen MR) is 44.9 cm³/mol. The first-order chi connectivity index (χ1) is 5.52. The number of hydrogen-bond acceptors (Lipinski definition) is 5. The molecule has 66 valence electrons. The molecule has 0 bridgehead atoms. The third kappa shape index (κ3) is 6.88. The molecule has 0 radical (unpaired) electrons. The number of phenols is 1. The Morgan fingerprint density at radius 1 is 1.00 bits per heavy atom. The normalized spacial score (nSPS) is 8.25. The molecule has 6 N–H and O–H groups in total. The van der Waals surface area contributed by atoms with Gasteiger partial charge in [-0.15, -0.1) is 0 Å². The van der Waals surface area contributed by atoms with Gasteiger partial charge in [0.05, 0.1) is 0 Å². The lowest BCUT2D eigenvalue weighted by Gasteiger charge is -1.89. The number of benzene rings is 1. The van der Waals surface area contributed by atoms with Gasteiger partial charge in [0.25, 0.3) is 0 Å². The number of aromatic hydroxyl groups is 1. The lowest BCUT2D eigenvalue weighted by Crippen LogP contribution is -2.07. The summed E-state index contributed by atoms with van der Waals surface area (Å²) in [5.74, 6) is 0.249. The number of anilines is 1. The number of hydrogen-bond donors (Lipinski definition) is 5. The smallest absolute Gasteiger partial charge is 0.508 e. The topological polar surface area (TPSA) is 107 Å². The maximum Gasteiger partial charge on any atom is 0.631 e. The molecule has 1 rings (SSSR count).